The summed E-state index contributed by atoms with van der Waals surface area (Å²) in [5, 5.41) is 7.99. The Morgan fingerprint density at radius 3 is 2.25 bits per heavy atom. The maximum atomic E-state index is 12.7. The number of carbonyl (C=O) groups excluding carboxylic acids is 1. The van der Waals surface area contributed by atoms with Crippen molar-refractivity contribution < 1.29 is 26.4 Å². The van der Waals surface area contributed by atoms with Gasteiger partial charge in [-0.05, 0) is 43.9 Å². The van der Waals surface area contributed by atoms with E-state index in [1.54, 1.807) is 6.07 Å². The van der Waals surface area contributed by atoms with Gasteiger partial charge in [0, 0.05) is 11.5 Å². The zero-order valence-electron chi connectivity index (χ0n) is 12.5. The maximum Gasteiger partial charge on any atom is 0.416 e. The molecule has 2 aliphatic heterocycles. The normalized spacial score (nSPS) is 28.3. The number of rotatable bonds is 2. The lowest BCUT2D eigenvalue weighted by atomic mass is 9.88. The van der Waals surface area contributed by atoms with E-state index in [-0.39, 0.29) is 24.0 Å². The minimum absolute atomic E-state index is 0.0609. The van der Waals surface area contributed by atoms with Crippen LogP contribution >= 0.6 is 0 Å². The van der Waals surface area contributed by atoms with Gasteiger partial charge in [-0.1, -0.05) is 0 Å². The molecular weight excluding hydrogens is 343 g/mol. The molecule has 2 saturated heterocycles. The Kier molecular flexibility index (Phi) is 3.95. The number of nitrogens with zero attached hydrogens (tertiary/aromatic N) is 1. The summed E-state index contributed by atoms with van der Waals surface area (Å²) < 4.78 is 62.3. The number of halogens is 3. The van der Waals surface area contributed by atoms with Crippen LogP contribution in [0.1, 0.15) is 47.2 Å². The first-order chi connectivity index (χ1) is 11.1. The van der Waals surface area contributed by atoms with E-state index in [0.717, 1.165) is 12.1 Å². The molecule has 24 heavy (non-hydrogen) atoms. The first kappa shape index (κ1) is 17.0. The van der Waals surface area contributed by atoms with Gasteiger partial charge in [0.1, 0.15) is 0 Å². The molecule has 2 unspecified atom stereocenters. The van der Waals surface area contributed by atoms with Crippen LogP contribution in [0.2, 0.25) is 0 Å². The molecule has 3 rings (SSSR count). The molecule has 0 radical (unpaired) electrons. The van der Waals surface area contributed by atoms with Gasteiger partial charge >= 0.3 is 6.18 Å². The van der Waals surface area contributed by atoms with Crippen molar-refractivity contribution in [2.45, 2.75) is 42.4 Å². The zero-order valence-corrected chi connectivity index (χ0v) is 13.3. The van der Waals surface area contributed by atoms with Crippen molar-refractivity contribution in [2.24, 2.45) is 5.92 Å². The van der Waals surface area contributed by atoms with Crippen LogP contribution in [0.5, 0.6) is 0 Å². The Hall–Kier alpha value is -1.88. The molecule has 2 atom stereocenters. The van der Waals surface area contributed by atoms with Crippen molar-refractivity contribution in [2.75, 3.05) is 0 Å². The van der Waals surface area contributed by atoms with E-state index >= 15 is 0 Å². The summed E-state index contributed by atoms with van der Waals surface area (Å²) in [7, 11) is -3.19. The molecule has 2 fully saturated rings. The van der Waals surface area contributed by atoms with Crippen LogP contribution in [0.4, 0.5) is 13.2 Å². The summed E-state index contributed by atoms with van der Waals surface area (Å²) >= 11 is 0. The van der Waals surface area contributed by atoms with E-state index in [9.17, 15) is 26.4 Å². The van der Waals surface area contributed by atoms with Gasteiger partial charge in [-0.15, -0.1) is 0 Å². The van der Waals surface area contributed by atoms with Crippen LogP contribution in [0.25, 0.3) is 0 Å². The summed E-state index contributed by atoms with van der Waals surface area (Å²) in [6.07, 6.45) is -3.18. The monoisotopic (exact) mass is 357 g/mol. The molecule has 0 aliphatic carbocycles. The van der Waals surface area contributed by atoms with Gasteiger partial charge in [0.15, 0.2) is 15.6 Å². The fourth-order valence-electron chi connectivity index (χ4n) is 3.67. The van der Waals surface area contributed by atoms with Crippen LogP contribution in [0.15, 0.2) is 18.2 Å². The third-order valence-electron chi connectivity index (χ3n) is 4.94. The summed E-state index contributed by atoms with van der Waals surface area (Å²) in [5.41, 5.74) is -1.37. The number of alkyl halides is 3. The second-order valence-electron chi connectivity index (χ2n) is 6.31. The molecule has 0 amide bonds. The van der Waals surface area contributed by atoms with Gasteiger partial charge in [0.25, 0.3) is 0 Å². The zero-order chi connectivity index (χ0) is 17.7. The van der Waals surface area contributed by atoms with Crippen molar-refractivity contribution in [3.63, 3.8) is 0 Å². The van der Waals surface area contributed by atoms with Gasteiger partial charge in [-0.3, -0.25) is 4.79 Å². The predicted octanol–water partition coefficient (Wildman–Crippen LogP) is 3.12. The third-order valence-corrected chi connectivity index (χ3v) is 7.65. The van der Waals surface area contributed by atoms with Crippen LogP contribution in [0, 0.1) is 17.2 Å². The smallest absolute Gasteiger partial charge is 0.294 e. The van der Waals surface area contributed by atoms with E-state index in [1.807, 2.05) is 0 Å². The number of benzene rings is 1. The van der Waals surface area contributed by atoms with Gasteiger partial charge in [-0.25, -0.2) is 8.42 Å². The fraction of sp³-hybridized carbons (Fsp3) is 0.500. The number of carbonyl (C=O) groups is 1. The molecule has 0 N–H and O–H groups in total. The SMILES string of the molecule is N#Cc1cc(C(F)(F)F)ccc1C(=O)C1CC2CCC(C1)S2(=O)=O. The highest BCUT2D eigenvalue weighted by molar-refractivity contribution is 7.93. The maximum absolute atomic E-state index is 12.7. The van der Waals surface area contributed by atoms with Gasteiger partial charge < -0.3 is 0 Å². The van der Waals surface area contributed by atoms with Crippen molar-refractivity contribution in [1.29, 1.82) is 5.26 Å². The first-order valence-corrected chi connectivity index (χ1v) is 9.14. The molecule has 4 nitrogen and oxygen atoms in total. The van der Waals surface area contributed by atoms with E-state index < -0.39 is 43.8 Å². The Labute approximate surface area is 137 Å². The average molecular weight is 357 g/mol. The van der Waals surface area contributed by atoms with E-state index in [2.05, 4.69) is 0 Å². The number of nitriles is 1. The number of ketones is 1. The molecule has 2 aliphatic rings. The quantitative estimate of drug-likeness (QED) is 0.762. The van der Waals surface area contributed by atoms with E-state index in [1.165, 1.54) is 0 Å². The summed E-state index contributed by atoms with van der Waals surface area (Å²) in [6.45, 7) is 0. The highest BCUT2D eigenvalue weighted by Gasteiger charge is 2.48. The van der Waals surface area contributed by atoms with Crippen LogP contribution < -0.4 is 0 Å². The summed E-state index contributed by atoms with van der Waals surface area (Å²) in [4.78, 5) is 12.6. The second kappa shape index (κ2) is 5.59. The Morgan fingerprint density at radius 2 is 1.75 bits per heavy atom. The lowest BCUT2D eigenvalue weighted by molar-refractivity contribution is -0.137. The molecule has 2 bridgehead atoms. The number of hydrogen-bond acceptors (Lipinski definition) is 4. The number of fused-ring (bicyclic) bond motifs is 2. The minimum atomic E-state index is -4.59. The largest absolute Gasteiger partial charge is 0.416 e. The van der Waals surface area contributed by atoms with Crippen LogP contribution in [-0.2, 0) is 16.0 Å². The Morgan fingerprint density at radius 1 is 1.17 bits per heavy atom. The third kappa shape index (κ3) is 2.71. The lowest BCUT2D eigenvalue weighted by Gasteiger charge is -2.27. The Balaban J connectivity index is 1.90. The number of sulfone groups is 1. The molecule has 2 heterocycles. The highest BCUT2D eigenvalue weighted by atomic mass is 32.2. The predicted molar refractivity (Wildman–Crippen MR) is 78.9 cm³/mol. The van der Waals surface area contributed by atoms with Gasteiger partial charge in [0.2, 0.25) is 0 Å². The summed E-state index contributed by atoms with van der Waals surface area (Å²) in [6, 6.07) is 4.11. The second-order valence-corrected chi connectivity index (χ2v) is 8.82. The van der Waals surface area contributed by atoms with Crippen LogP contribution in [0.3, 0.4) is 0 Å². The standard InChI is InChI=1S/C16H14F3NO3S/c17-16(18,19)11-1-4-14(10(5-11)8-20)15(21)9-6-12-2-3-13(7-9)24(12,22)23/h1,4-5,9,12-13H,2-3,6-7H2. The first-order valence-electron chi connectivity index (χ1n) is 7.53. The van der Waals surface area contributed by atoms with Crippen molar-refractivity contribution in [3.05, 3.63) is 34.9 Å². The molecular formula is C16H14F3NO3S. The molecule has 128 valence electrons. The molecule has 1 aromatic carbocycles. The Bertz CT molecular complexity index is 819. The lowest BCUT2D eigenvalue weighted by Crippen LogP contribution is -2.36. The molecule has 0 spiro atoms. The molecule has 0 aromatic heterocycles. The topological polar surface area (TPSA) is 75.0 Å². The van der Waals surface area contributed by atoms with Crippen molar-refractivity contribution in [1.82, 2.24) is 0 Å². The summed E-state index contributed by atoms with van der Waals surface area (Å²) in [5.74, 6) is -0.998. The highest BCUT2D eigenvalue weighted by Crippen LogP contribution is 2.42. The van der Waals surface area contributed by atoms with E-state index in [4.69, 9.17) is 5.26 Å². The molecule has 8 heteroatoms. The number of Topliss-reactive ketones (excluding diaryl/α,β-unsaturated/α-hetero) is 1. The fourth-order valence-corrected chi connectivity index (χ4v) is 6.14. The number of hydrogen-bond donors (Lipinski definition) is 0. The average Bonchev–Trinajstić information content (AvgIpc) is 2.70. The molecule has 1 aromatic rings. The van der Waals surface area contributed by atoms with Crippen LogP contribution in [-0.4, -0.2) is 24.7 Å². The van der Waals surface area contributed by atoms with Gasteiger partial charge in [0.05, 0.1) is 27.7 Å². The molecule has 0 saturated carbocycles. The van der Waals surface area contributed by atoms with Crippen molar-refractivity contribution in [3.8, 4) is 6.07 Å². The van der Waals surface area contributed by atoms with Gasteiger partial charge in [-0.2, -0.15) is 18.4 Å². The van der Waals surface area contributed by atoms with Crippen molar-refractivity contribution >= 4 is 15.6 Å². The minimum Gasteiger partial charge on any atom is -0.294 e. The van der Waals surface area contributed by atoms with E-state index in [0.29, 0.717) is 18.9 Å².